The van der Waals surface area contributed by atoms with Crippen LogP contribution in [0.2, 0.25) is 5.02 Å². The van der Waals surface area contributed by atoms with Crippen molar-refractivity contribution in [2.45, 2.75) is 26.8 Å². The van der Waals surface area contributed by atoms with Gasteiger partial charge < -0.3 is 5.32 Å². The molecule has 0 saturated heterocycles. The lowest BCUT2D eigenvalue weighted by atomic mass is 10.2. The van der Waals surface area contributed by atoms with Crippen LogP contribution in [0.1, 0.15) is 29.1 Å². The van der Waals surface area contributed by atoms with Crippen LogP contribution in [0.25, 0.3) is 0 Å². The maximum absolute atomic E-state index is 6.20. The second-order valence-corrected chi connectivity index (χ2v) is 5.44. The number of aromatic nitrogens is 1. The molecule has 1 heterocycles. The molecule has 90 valence electrons. The van der Waals surface area contributed by atoms with E-state index in [-0.39, 0.29) is 6.04 Å². The summed E-state index contributed by atoms with van der Waals surface area (Å²) in [5.74, 6) is 0. The molecule has 0 amide bonds. The molecule has 2 nitrogen and oxygen atoms in total. The van der Waals surface area contributed by atoms with Gasteiger partial charge in [-0.25, -0.2) is 4.98 Å². The van der Waals surface area contributed by atoms with Gasteiger partial charge in [-0.1, -0.05) is 17.7 Å². The first kappa shape index (κ1) is 12.4. The number of benzene rings is 1. The number of nitrogens with zero attached hydrogens (tertiary/aromatic N) is 1. The molecule has 0 aliphatic rings. The third-order valence-electron chi connectivity index (χ3n) is 2.67. The van der Waals surface area contributed by atoms with Gasteiger partial charge in [-0.3, -0.25) is 0 Å². The smallest absolute Gasteiger partial charge is 0.0798 e. The van der Waals surface area contributed by atoms with Crippen molar-refractivity contribution in [3.05, 3.63) is 44.9 Å². The van der Waals surface area contributed by atoms with Crippen LogP contribution in [-0.2, 0) is 0 Å². The van der Waals surface area contributed by atoms with E-state index in [0.29, 0.717) is 0 Å². The fourth-order valence-electron chi connectivity index (χ4n) is 1.76. The molecule has 0 spiro atoms. The van der Waals surface area contributed by atoms with Crippen molar-refractivity contribution in [3.63, 3.8) is 0 Å². The molecule has 0 saturated carbocycles. The van der Waals surface area contributed by atoms with Gasteiger partial charge >= 0.3 is 0 Å². The van der Waals surface area contributed by atoms with Crippen LogP contribution >= 0.6 is 22.9 Å². The Morgan fingerprint density at radius 1 is 1.35 bits per heavy atom. The van der Waals surface area contributed by atoms with Crippen LogP contribution in [0.5, 0.6) is 0 Å². The van der Waals surface area contributed by atoms with E-state index < -0.39 is 0 Å². The van der Waals surface area contributed by atoms with Gasteiger partial charge in [0.25, 0.3) is 0 Å². The minimum atomic E-state index is 0.225. The van der Waals surface area contributed by atoms with Gasteiger partial charge in [0.2, 0.25) is 0 Å². The highest BCUT2D eigenvalue weighted by Crippen LogP contribution is 2.29. The monoisotopic (exact) mass is 266 g/mol. The molecule has 2 rings (SSSR count). The normalized spacial score (nSPS) is 12.5. The fraction of sp³-hybridized carbons (Fsp3) is 0.308. The molecule has 2 aromatic rings. The first-order valence-electron chi connectivity index (χ1n) is 5.50. The molecule has 1 aromatic heterocycles. The number of thiazole rings is 1. The van der Waals surface area contributed by atoms with Gasteiger partial charge in [-0.15, -0.1) is 11.3 Å². The number of halogens is 1. The van der Waals surface area contributed by atoms with Gasteiger partial charge in [0, 0.05) is 4.88 Å². The van der Waals surface area contributed by atoms with E-state index in [0.717, 1.165) is 16.4 Å². The van der Waals surface area contributed by atoms with Crippen LogP contribution in [-0.4, -0.2) is 4.98 Å². The van der Waals surface area contributed by atoms with Crippen molar-refractivity contribution >= 4 is 28.6 Å². The first-order valence-corrected chi connectivity index (χ1v) is 6.76. The van der Waals surface area contributed by atoms with Crippen LogP contribution in [0.3, 0.4) is 0 Å². The third kappa shape index (κ3) is 2.79. The summed E-state index contributed by atoms with van der Waals surface area (Å²) in [6, 6.07) is 6.27. The predicted molar refractivity (Wildman–Crippen MR) is 75.1 cm³/mol. The Morgan fingerprint density at radius 2 is 2.12 bits per heavy atom. The Bertz CT molecular complexity index is 522. The maximum atomic E-state index is 6.20. The zero-order valence-corrected chi connectivity index (χ0v) is 11.7. The Balaban J connectivity index is 2.19. The van der Waals surface area contributed by atoms with Crippen molar-refractivity contribution in [1.82, 2.24) is 4.98 Å². The van der Waals surface area contributed by atoms with Gasteiger partial charge in [0.05, 0.1) is 28.0 Å². The molecule has 4 heteroatoms. The topological polar surface area (TPSA) is 24.9 Å². The molecule has 0 fully saturated rings. The van der Waals surface area contributed by atoms with Gasteiger partial charge in [-0.05, 0) is 38.5 Å². The van der Waals surface area contributed by atoms with Crippen molar-refractivity contribution in [2.75, 3.05) is 5.32 Å². The molecule has 1 unspecified atom stereocenters. The predicted octanol–water partition coefficient (Wildman–Crippen LogP) is 4.59. The third-order valence-corrected chi connectivity index (χ3v) is 4.10. The standard InChI is InChI=1S/C13H15ClN2S/c1-8-4-5-12(11(14)6-8)16-10(3)13-9(2)15-7-17-13/h4-7,10,16H,1-3H3. The quantitative estimate of drug-likeness (QED) is 0.879. The summed E-state index contributed by atoms with van der Waals surface area (Å²) < 4.78 is 0. The van der Waals surface area contributed by atoms with Crippen molar-refractivity contribution < 1.29 is 0 Å². The number of hydrogen-bond donors (Lipinski definition) is 1. The number of nitrogens with one attached hydrogen (secondary N) is 1. The minimum Gasteiger partial charge on any atom is -0.376 e. The van der Waals surface area contributed by atoms with Crippen LogP contribution < -0.4 is 5.32 Å². The lowest BCUT2D eigenvalue weighted by Crippen LogP contribution is -2.06. The second kappa shape index (κ2) is 5.07. The maximum Gasteiger partial charge on any atom is 0.0798 e. The molecule has 17 heavy (non-hydrogen) atoms. The summed E-state index contributed by atoms with van der Waals surface area (Å²) >= 11 is 7.87. The largest absolute Gasteiger partial charge is 0.376 e. The van der Waals surface area contributed by atoms with Crippen LogP contribution in [0, 0.1) is 13.8 Å². The summed E-state index contributed by atoms with van der Waals surface area (Å²) in [5.41, 5.74) is 5.09. The lowest BCUT2D eigenvalue weighted by molar-refractivity contribution is 0.890. The zero-order chi connectivity index (χ0) is 12.4. The van der Waals surface area contributed by atoms with E-state index in [2.05, 4.69) is 23.3 Å². The summed E-state index contributed by atoms with van der Waals surface area (Å²) in [7, 11) is 0. The van der Waals surface area contributed by atoms with E-state index in [1.165, 1.54) is 10.4 Å². The zero-order valence-electron chi connectivity index (χ0n) is 10.1. The molecular formula is C13H15ClN2S. The van der Waals surface area contributed by atoms with Crippen molar-refractivity contribution in [3.8, 4) is 0 Å². The van der Waals surface area contributed by atoms with Crippen LogP contribution in [0.15, 0.2) is 23.7 Å². The van der Waals surface area contributed by atoms with Crippen molar-refractivity contribution in [2.24, 2.45) is 0 Å². The van der Waals surface area contributed by atoms with E-state index >= 15 is 0 Å². The molecule has 1 aromatic carbocycles. The first-order chi connectivity index (χ1) is 8.08. The van der Waals surface area contributed by atoms with E-state index in [4.69, 9.17) is 11.6 Å². The lowest BCUT2D eigenvalue weighted by Gasteiger charge is -2.15. The number of rotatable bonds is 3. The molecule has 0 aliphatic carbocycles. The molecule has 0 aliphatic heterocycles. The highest BCUT2D eigenvalue weighted by atomic mass is 35.5. The van der Waals surface area contributed by atoms with Crippen molar-refractivity contribution in [1.29, 1.82) is 0 Å². The minimum absolute atomic E-state index is 0.225. The Morgan fingerprint density at radius 3 is 2.71 bits per heavy atom. The number of aryl methyl sites for hydroxylation is 2. The summed E-state index contributed by atoms with van der Waals surface area (Å²) in [4.78, 5) is 5.51. The molecule has 0 bridgehead atoms. The SMILES string of the molecule is Cc1ccc(NC(C)c2scnc2C)c(Cl)c1. The number of anilines is 1. The molecule has 0 radical (unpaired) electrons. The average molecular weight is 267 g/mol. The Hall–Kier alpha value is -1.06. The van der Waals surface area contributed by atoms with E-state index in [9.17, 15) is 0 Å². The molecule has 1 atom stereocenters. The number of hydrogen-bond acceptors (Lipinski definition) is 3. The summed E-state index contributed by atoms with van der Waals surface area (Å²) in [6.45, 7) is 6.18. The van der Waals surface area contributed by atoms with Gasteiger partial charge in [-0.2, -0.15) is 0 Å². The van der Waals surface area contributed by atoms with Crippen LogP contribution in [0.4, 0.5) is 5.69 Å². The Labute approximate surface area is 111 Å². The second-order valence-electron chi connectivity index (χ2n) is 4.15. The van der Waals surface area contributed by atoms with E-state index in [1.807, 2.05) is 31.5 Å². The average Bonchev–Trinajstić information content (AvgIpc) is 2.68. The Kier molecular flexibility index (Phi) is 3.69. The highest BCUT2D eigenvalue weighted by molar-refractivity contribution is 7.09. The van der Waals surface area contributed by atoms with Gasteiger partial charge in [0.1, 0.15) is 0 Å². The molecular weight excluding hydrogens is 252 g/mol. The van der Waals surface area contributed by atoms with E-state index in [1.54, 1.807) is 11.3 Å². The summed E-state index contributed by atoms with van der Waals surface area (Å²) in [6.07, 6.45) is 0. The fourth-order valence-corrected chi connectivity index (χ4v) is 2.86. The summed E-state index contributed by atoms with van der Waals surface area (Å²) in [5, 5.41) is 4.18. The molecule has 1 N–H and O–H groups in total. The van der Waals surface area contributed by atoms with Gasteiger partial charge in [0.15, 0.2) is 0 Å². The highest BCUT2D eigenvalue weighted by Gasteiger charge is 2.12.